The monoisotopic (exact) mass is 451 g/mol. The minimum atomic E-state index is -2.82. The molecule has 0 radical (unpaired) electrons. The summed E-state index contributed by atoms with van der Waals surface area (Å²) in [5.41, 5.74) is 2.52. The molecule has 1 fully saturated rings. The standard InChI is InChI=1S/C16H25N3O2S.HI/c1-13-6-4-5-7-15(13)11-19(3)16(17-2)18-10-14-8-9-22(20,21)12-14;/h4-7,14H,8-12H2,1-3H3,(H,17,18);1H. The third-order valence-electron chi connectivity index (χ3n) is 4.12. The Balaban J connectivity index is 0.00000264. The molecule has 0 aromatic heterocycles. The van der Waals surface area contributed by atoms with Gasteiger partial charge in [-0.1, -0.05) is 24.3 Å². The van der Waals surface area contributed by atoms with Crippen LogP contribution in [0.4, 0.5) is 0 Å². The molecule has 130 valence electrons. The molecular weight excluding hydrogens is 425 g/mol. The van der Waals surface area contributed by atoms with Crippen LogP contribution in [0.25, 0.3) is 0 Å². The van der Waals surface area contributed by atoms with Gasteiger partial charge in [-0.25, -0.2) is 8.42 Å². The van der Waals surface area contributed by atoms with Crippen molar-refractivity contribution < 1.29 is 8.42 Å². The van der Waals surface area contributed by atoms with Crippen molar-refractivity contribution in [3.05, 3.63) is 35.4 Å². The molecule has 0 bridgehead atoms. The molecule has 5 nitrogen and oxygen atoms in total. The molecule has 1 aromatic carbocycles. The molecule has 1 aliphatic rings. The second-order valence-electron chi connectivity index (χ2n) is 5.98. The second kappa shape index (κ2) is 8.86. The molecule has 2 rings (SSSR count). The molecule has 1 heterocycles. The maximum atomic E-state index is 11.5. The fourth-order valence-electron chi connectivity index (χ4n) is 2.77. The molecule has 7 heteroatoms. The number of rotatable bonds is 4. The van der Waals surface area contributed by atoms with E-state index in [4.69, 9.17) is 0 Å². The van der Waals surface area contributed by atoms with E-state index in [1.807, 2.05) is 19.2 Å². The summed E-state index contributed by atoms with van der Waals surface area (Å²) < 4.78 is 23.0. The van der Waals surface area contributed by atoms with Crippen molar-refractivity contribution in [3.63, 3.8) is 0 Å². The Morgan fingerprint density at radius 2 is 2.09 bits per heavy atom. The summed E-state index contributed by atoms with van der Waals surface area (Å²) >= 11 is 0. The maximum absolute atomic E-state index is 11.5. The zero-order valence-electron chi connectivity index (χ0n) is 13.9. The molecule has 1 aliphatic heterocycles. The molecule has 23 heavy (non-hydrogen) atoms. The van der Waals surface area contributed by atoms with Crippen molar-refractivity contribution in [2.45, 2.75) is 19.9 Å². The van der Waals surface area contributed by atoms with Crippen LogP contribution in [0, 0.1) is 12.8 Å². The molecule has 0 saturated carbocycles. The highest BCUT2D eigenvalue weighted by molar-refractivity contribution is 14.0. The highest BCUT2D eigenvalue weighted by Gasteiger charge is 2.27. The molecule has 1 atom stereocenters. The van der Waals surface area contributed by atoms with Crippen LogP contribution < -0.4 is 5.32 Å². The van der Waals surface area contributed by atoms with E-state index in [2.05, 4.69) is 34.3 Å². The number of aryl methyl sites for hydroxylation is 1. The van der Waals surface area contributed by atoms with Gasteiger partial charge in [-0.15, -0.1) is 24.0 Å². The van der Waals surface area contributed by atoms with Crippen LogP contribution in [-0.4, -0.2) is 51.4 Å². The maximum Gasteiger partial charge on any atom is 0.193 e. The quantitative estimate of drug-likeness (QED) is 0.433. The second-order valence-corrected chi connectivity index (χ2v) is 8.21. The topological polar surface area (TPSA) is 61.8 Å². The van der Waals surface area contributed by atoms with Gasteiger partial charge in [-0.2, -0.15) is 0 Å². The Morgan fingerprint density at radius 1 is 1.39 bits per heavy atom. The third-order valence-corrected chi connectivity index (χ3v) is 5.95. The Hall–Kier alpha value is -0.830. The van der Waals surface area contributed by atoms with Gasteiger partial charge >= 0.3 is 0 Å². The van der Waals surface area contributed by atoms with E-state index in [1.165, 1.54) is 11.1 Å². The van der Waals surface area contributed by atoms with E-state index in [0.717, 1.165) is 18.9 Å². The summed E-state index contributed by atoms with van der Waals surface area (Å²) in [6.45, 7) is 3.53. The first-order chi connectivity index (χ1) is 10.4. The molecular formula is C16H26IN3O2S. The number of aliphatic imine (C=N–C) groups is 1. The number of hydrogen-bond donors (Lipinski definition) is 1. The van der Waals surface area contributed by atoms with Crippen molar-refractivity contribution in [2.24, 2.45) is 10.9 Å². The van der Waals surface area contributed by atoms with Crippen LogP contribution in [0.3, 0.4) is 0 Å². The summed E-state index contributed by atoms with van der Waals surface area (Å²) in [7, 11) is 0.927. The van der Waals surface area contributed by atoms with Gasteiger partial charge in [-0.3, -0.25) is 4.99 Å². The lowest BCUT2D eigenvalue weighted by Gasteiger charge is -2.24. The Labute approximate surface area is 156 Å². The average Bonchev–Trinajstić information content (AvgIpc) is 2.81. The summed E-state index contributed by atoms with van der Waals surface area (Å²) in [5.74, 6) is 1.59. The first-order valence-electron chi connectivity index (χ1n) is 7.58. The summed E-state index contributed by atoms with van der Waals surface area (Å²) in [4.78, 5) is 6.35. The SMILES string of the molecule is CN=C(NCC1CCS(=O)(=O)C1)N(C)Cc1ccccc1C.I. The highest BCUT2D eigenvalue weighted by atomic mass is 127. The molecule has 0 amide bonds. The van der Waals surface area contributed by atoms with Gasteiger partial charge in [0.05, 0.1) is 11.5 Å². The van der Waals surface area contributed by atoms with E-state index >= 15 is 0 Å². The van der Waals surface area contributed by atoms with Crippen molar-refractivity contribution in [1.82, 2.24) is 10.2 Å². The minimum absolute atomic E-state index is 0. The van der Waals surface area contributed by atoms with Crippen molar-refractivity contribution >= 4 is 39.8 Å². The zero-order chi connectivity index (χ0) is 16.2. The number of benzene rings is 1. The molecule has 0 aliphatic carbocycles. The lowest BCUT2D eigenvalue weighted by molar-refractivity contribution is 0.462. The normalized spacial score (nSPS) is 20.0. The number of guanidine groups is 1. The number of halogens is 1. The van der Waals surface area contributed by atoms with E-state index in [9.17, 15) is 8.42 Å². The summed E-state index contributed by atoms with van der Waals surface area (Å²) in [6, 6.07) is 8.29. The van der Waals surface area contributed by atoms with Gasteiger partial charge in [0.1, 0.15) is 0 Å². The summed E-state index contributed by atoms with van der Waals surface area (Å²) in [6.07, 6.45) is 0.744. The average molecular weight is 451 g/mol. The van der Waals surface area contributed by atoms with Gasteiger partial charge in [0, 0.05) is 27.2 Å². The molecule has 1 saturated heterocycles. The van der Waals surface area contributed by atoms with Crippen LogP contribution in [0.2, 0.25) is 0 Å². The molecule has 1 unspecified atom stereocenters. The minimum Gasteiger partial charge on any atom is -0.356 e. The van der Waals surface area contributed by atoms with E-state index in [1.54, 1.807) is 7.05 Å². The Morgan fingerprint density at radius 3 is 2.65 bits per heavy atom. The van der Waals surface area contributed by atoms with Gasteiger partial charge in [0.2, 0.25) is 0 Å². The Bertz CT molecular complexity index is 646. The van der Waals surface area contributed by atoms with Crippen LogP contribution in [0.1, 0.15) is 17.5 Å². The molecule has 0 spiro atoms. The van der Waals surface area contributed by atoms with Crippen LogP contribution in [-0.2, 0) is 16.4 Å². The van der Waals surface area contributed by atoms with E-state index < -0.39 is 9.84 Å². The summed E-state index contributed by atoms with van der Waals surface area (Å²) in [5, 5.41) is 3.30. The van der Waals surface area contributed by atoms with Crippen molar-refractivity contribution in [2.75, 3.05) is 32.1 Å². The fourth-order valence-corrected chi connectivity index (χ4v) is 4.63. The van der Waals surface area contributed by atoms with Crippen molar-refractivity contribution in [3.8, 4) is 0 Å². The van der Waals surface area contributed by atoms with E-state index in [0.29, 0.717) is 18.1 Å². The van der Waals surface area contributed by atoms with Gasteiger partial charge in [-0.05, 0) is 30.4 Å². The lowest BCUT2D eigenvalue weighted by atomic mass is 10.1. The first kappa shape index (κ1) is 20.2. The smallest absolute Gasteiger partial charge is 0.193 e. The number of hydrogen-bond acceptors (Lipinski definition) is 3. The van der Waals surface area contributed by atoms with Crippen LogP contribution in [0.15, 0.2) is 29.3 Å². The lowest BCUT2D eigenvalue weighted by Crippen LogP contribution is -2.41. The molecule has 1 aromatic rings. The van der Waals surface area contributed by atoms with Crippen molar-refractivity contribution in [1.29, 1.82) is 0 Å². The third kappa shape index (κ3) is 5.95. The molecule has 1 N–H and O–H groups in total. The van der Waals surface area contributed by atoms with Gasteiger partial charge in [0.15, 0.2) is 15.8 Å². The van der Waals surface area contributed by atoms with Gasteiger partial charge < -0.3 is 10.2 Å². The number of nitrogens with zero attached hydrogens (tertiary/aromatic N) is 2. The number of sulfone groups is 1. The predicted octanol–water partition coefficient (Wildman–Crippen LogP) is 2.05. The van der Waals surface area contributed by atoms with E-state index in [-0.39, 0.29) is 29.9 Å². The fraction of sp³-hybridized carbons (Fsp3) is 0.562. The number of nitrogens with one attached hydrogen (secondary N) is 1. The zero-order valence-corrected chi connectivity index (χ0v) is 17.1. The van der Waals surface area contributed by atoms with Crippen LogP contribution in [0.5, 0.6) is 0 Å². The largest absolute Gasteiger partial charge is 0.356 e. The predicted molar refractivity (Wildman–Crippen MR) is 106 cm³/mol. The highest BCUT2D eigenvalue weighted by Crippen LogP contribution is 2.17. The first-order valence-corrected chi connectivity index (χ1v) is 9.40. The Kier molecular flexibility index (Phi) is 7.79. The van der Waals surface area contributed by atoms with Gasteiger partial charge in [0.25, 0.3) is 0 Å². The van der Waals surface area contributed by atoms with Crippen LogP contribution >= 0.6 is 24.0 Å².